The van der Waals surface area contributed by atoms with Crippen LogP contribution in [0.1, 0.15) is 26.2 Å². The first-order valence-corrected chi connectivity index (χ1v) is 5.49. The lowest BCUT2D eigenvalue weighted by Crippen LogP contribution is -2.52. The molecule has 96 valence electrons. The van der Waals surface area contributed by atoms with E-state index in [-0.39, 0.29) is 25.8 Å². The SMILES string of the molecule is CCN1C(=O)CC(NC2(C(F)(F)F)CC2)C1=O. The lowest BCUT2D eigenvalue weighted by atomic mass is 10.1. The molecule has 17 heavy (non-hydrogen) atoms. The first kappa shape index (κ1) is 12.3. The molecule has 4 nitrogen and oxygen atoms in total. The highest BCUT2D eigenvalue weighted by molar-refractivity contribution is 6.05. The van der Waals surface area contributed by atoms with Crippen LogP contribution in [0.25, 0.3) is 0 Å². The lowest BCUT2D eigenvalue weighted by molar-refractivity contribution is -0.168. The molecule has 0 aromatic heterocycles. The van der Waals surface area contributed by atoms with Crippen LogP contribution >= 0.6 is 0 Å². The number of rotatable bonds is 3. The fourth-order valence-electron chi connectivity index (χ4n) is 2.10. The second-order valence-electron chi connectivity index (χ2n) is 4.46. The molecule has 1 heterocycles. The van der Waals surface area contributed by atoms with Crippen molar-refractivity contribution in [1.29, 1.82) is 0 Å². The van der Waals surface area contributed by atoms with Crippen LogP contribution in [0, 0.1) is 0 Å². The maximum Gasteiger partial charge on any atom is 0.406 e. The Morgan fingerprint density at radius 3 is 2.35 bits per heavy atom. The highest BCUT2D eigenvalue weighted by Gasteiger charge is 2.64. The highest BCUT2D eigenvalue weighted by Crippen LogP contribution is 2.49. The fraction of sp³-hybridized carbons (Fsp3) is 0.800. The Hall–Kier alpha value is -1.11. The standard InChI is InChI=1S/C10H13F3N2O2/c1-2-15-7(16)5-6(8(15)17)14-9(3-4-9)10(11,12)13/h6,14H,2-5H2,1H3. The van der Waals surface area contributed by atoms with E-state index < -0.39 is 29.6 Å². The first-order valence-electron chi connectivity index (χ1n) is 5.49. The van der Waals surface area contributed by atoms with Gasteiger partial charge in [0, 0.05) is 6.54 Å². The van der Waals surface area contributed by atoms with Crippen LogP contribution in [0.5, 0.6) is 0 Å². The number of amides is 2. The minimum atomic E-state index is -4.37. The Morgan fingerprint density at radius 1 is 1.41 bits per heavy atom. The van der Waals surface area contributed by atoms with E-state index in [2.05, 4.69) is 5.32 Å². The van der Waals surface area contributed by atoms with Gasteiger partial charge in [-0.05, 0) is 19.8 Å². The Balaban J connectivity index is 2.07. The Bertz CT molecular complexity index is 363. The molecule has 2 aliphatic rings. The van der Waals surface area contributed by atoms with E-state index in [4.69, 9.17) is 0 Å². The molecule has 1 N–H and O–H groups in total. The number of imide groups is 1. The van der Waals surface area contributed by atoms with Crippen LogP contribution in [0.15, 0.2) is 0 Å². The third-order valence-corrected chi connectivity index (χ3v) is 3.30. The molecule has 0 aromatic rings. The molecular weight excluding hydrogens is 237 g/mol. The average Bonchev–Trinajstić information content (AvgIpc) is 2.92. The van der Waals surface area contributed by atoms with E-state index in [9.17, 15) is 22.8 Å². The molecular formula is C10H13F3N2O2. The molecule has 0 bridgehead atoms. The van der Waals surface area contributed by atoms with Crippen LogP contribution in [0.2, 0.25) is 0 Å². The van der Waals surface area contributed by atoms with Crippen molar-refractivity contribution in [3.63, 3.8) is 0 Å². The van der Waals surface area contributed by atoms with Crippen molar-refractivity contribution in [2.24, 2.45) is 0 Å². The summed E-state index contributed by atoms with van der Waals surface area (Å²) in [4.78, 5) is 24.0. The number of hydrogen-bond donors (Lipinski definition) is 1. The third kappa shape index (κ3) is 1.92. The smallest absolute Gasteiger partial charge is 0.292 e. The summed E-state index contributed by atoms with van der Waals surface area (Å²) in [5, 5.41) is 2.31. The van der Waals surface area contributed by atoms with Crippen molar-refractivity contribution < 1.29 is 22.8 Å². The number of carbonyl (C=O) groups excluding carboxylic acids is 2. The van der Waals surface area contributed by atoms with Gasteiger partial charge in [0.25, 0.3) is 0 Å². The first-order chi connectivity index (χ1) is 7.81. The number of nitrogens with zero attached hydrogens (tertiary/aromatic N) is 1. The van der Waals surface area contributed by atoms with Gasteiger partial charge >= 0.3 is 6.18 Å². The van der Waals surface area contributed by atoms with E-state index in [0.717, 1.165) is 4.90 Å². The van der Waals surface area contributed by atoms with Gasteiger partial charge in [0.2, 0.25) is 11.8 Å². The van der Waals surface area contributed by atoms with Crippen molar-refractivity contribution in [2.75, 3.05) is 6.54 Å². The molecule has 2 rings (SSSR count). The predicted octanol–water partition coefficient (Wildman–Crippen LogP) is 0.818. The normalized spacial score (nSPS) is 27.8. The molecule has 2 fully saturated rings. The summed E-state index contributed by atoms with van der Waals surface area (Å²) in [5.41, 5.74) is -1.95. The van der Waals surface area contributed by atoms with Gasteiger partial charge < -0.3 is 0 Å². The number of hydrogen-bond acceptors (Lipinski definition) is 3. The minimum absolute atomic E-state index is 0.0272. The third-order valence-electron chi connectivity index (χ3n) is 3.30. The van der Waals surface area contributed by atoms with E-state index in [1.54, 1.807) is 6.92 Å². The van der Waals surface area contributed by atoms with Crippen LogP contribution in [-0.4, -0.2) is 41.0 Å². The van der Waals surface area contributed by atoms with Crippen LogP contribution in [0.3, 0.4) is 0 Å². The topological polar surface area (TPSA) is 49.4 Å². The zero-order valence-corrected chi connectivity index (χ0v) is 9.30. The van der Waals surface area contributed by atoms with Crippen molar-refractivity contribution in [3.8, 4) is 0 Å². The van der Waals surface area contributed by atoms with E-state index >= 15 is 0 Å². The molecule has 1 saturated carbocycles. The summed E-state index contributed by atoms with van der Waals surface area (Å²) in [6, 6.07) is -1.02. The maximum atomic E-state index is 12.7. The number of likely N-dealkylation sites (N-methyl/N-ethyl adjacent to an activating group) is 1. The minimum Gasteiger partial charge on any atom is -0.292 e. The van der Waals surface area contributed by atoms with Gasteiger partial charge in [-0.15, -0.1) is 0 Å². The van der Waals surface area contributed by atoms with Crippen molar-refractivity contribution in [1.82, 2.24) is 10.2 Å². The summed E-state index contributed by atoms with van der Waals surface area (Å²) in [6.45, 7) is 1.82. The monoisotopic (exact) mass is 250 g/mol. The highest BCUT2D eigenvalue weighted by atomic mass is 19.4. The Kier molecular flexibility index (Phi) is 2.68. The lowest BCUT2D eigenvalue weighted by Gasteiger charge is -2.23. The van der Waals surface area contributed by atoms with Gasteiger partial charge in [0.1, 0.15) is 5.54 Å². The van der Waals surface area contributed by atoms with Gasteiger partial charge in [-0.25, -0.2) is 0 Å². The molecule has 2 amide bonds. The molecule has 0 aromatic carbocycles. The van der Waals surface area contributed by atoms with Gasteiger partial charge in [-0.3, -0.25) is 19.8 Å². The zero-order valence-electron chi connectivity index (χ0n) is 9.30. The van der Waals surface area contributed by atoms with Gasteiger partial charge in [0.15, 0.2) is 0 Å². The van der Waals surface area contributed by atoms with Crippen molar-refractivity contribution in [3.05, 3.63) is 0 Å². The molecule has 1 unspecified atom stereocenters. The van der Waals surface area contributed by atoms with E-state index in [0.29, 0.717) is 0 Å². The van der Waals surface area contributed by atoms with Crippen molar-refractivity contribution >= 4 is 11.8 Å². The summed E-state index contributed by atoms with van der Waals surface area (Å²) < 4.78 is 38.0. The number of alkyl halides is 3. The average molecular weight is 250 g/mol. The fourth-order valence-corrected chi connectivity index (χ4v) is 2.10. The molecule has 0 spiro atoms. The quantitative estimate of drug-likeness (QED) is 0.754. The predicted molar refractivity (Wildman–Crippen MR) is 52.0 cm³/mol. The van der Waals surface area contributed by atoms with E-state index in [1.807, 2.05) is 0 Å². The molecule has 1 aliphatic carbocycles. The number of likely N-dealkylation sites (tertiary alicyclic amines) is 1. The van der Waals surface area contributed by atoms with Crippen molar-refractivity contribution in [2.45, 2.75) is 43.9 Å². The molecule has 7 heteroatoms. The number of carbonyl (C=O) groups is 2. The maximum absolute atomic E-state index is 12.7. The summed E-state index contributed by atoms with van der Waals surface area (Å²) in [5.74, 6) is -0.957. The second-order valence-corrected chi connectivity index (χ2v) is 4.46. The molecule has 1 aliphatic heterocycles. The summed E-state index contributed by atoms with van der Waals surface area (Å²) in [7, 11) is 0. The molecule has 1 atom stereocenters. The molecule has 0 radical (unpaired) electrons. The van der Waals surface area contributed by atoms with Gasteiger partial charge in [0.05, 0.1) is 12.5 Å². The summed E-state index contributed by atoms with van der Waals surface area (Å²) >= 11 is 0. The van der Waals surface area contributed by atoms with Gasteiger partial charge in [-0.1, -0.05) is 0 Å². The second kappa shape index (κ2) is 3.69. The molecule has 1 saturated heterocycles. The van der Waals surface area contributed by atoms with Gasteiger partial charge in [-0.2, -0.15) is 13.2 Å². The van der Waals surface area contributed by atoms with Crippen LogP contribution in [0.4, 0.5) is 13.2 Å². The van der Waals surface area contributed by atoms with Crippen LogP contribution in [-0.2, 0) is 9.59 Å². The summed E-state index contributed by atoms with van der Waals surface area (Å²) in [6.07, 6.45) is -4.60. The number of halogens is 3. The Labute approximate surface area is 96.1 Å². The zero-order chi connectivity index (χ0) is 12.8. The largest absolute Gasteiger partial charge is 0.406 e. The van der Waals surface area contributed by atoms with E-state index in [1.165, 1.54) is 0 Å². The Morgan fingerprint density at radius 2 is 2.00 bits per heavy atom. The number of nitrogens with one attached hydrogen (secondary N) is 1. The van der Waals surface area contributed by atoms with Crippen LogP contribution < -0.4 is 5.32 Å².